The molecule has 1 fully saturated rings. The Balaban J connectivity index is 2.67. The first kappa shape index (κ1) is 16.3. The standard InChI is InChI=1S/C13H22N2O5/c1-12(2,3)20-10(17)14-13(6-9-16)4-7-15(8-5-13)11(18)19/h9H,4-8H2,1-3H3,(H,14,17)(H,18,19). The molecule has 0 spiro atoms. The second-order valence-electron chi connectivity index (χ2n) is 6.05. The molecule has 0 atom stereocenters. The van der Waals surface area contributed by atoms with Crippen molar-refractivity contribution < 1.29 is 24.2 Å². The Morgan fingerprint density at radius 3 is 2.30 bits per heavy atom. The van der Waals surface area contributed by atoms with E-state index in [0.29, 0.717) is 25.9 Å². The summed E-state index contributed by atoms with van der Waals surface area (Å²) in [6.07, 6.45) is 0.132. The number of likely N-dealkylation sites (tertiary alicyclic amines) is 1. The van der Waals surface area contributed by atoms with E-state index in [1.54, 1.807) is 20.8 Å². The largest absolute Gasteiger partial charge is 0.465 e. The molecule has 20 heavy (non-hydrogen) atoms. The van der Waals surface area contributed by atoms with Gasteiger partial charge in [0.2, 0.25) is 0 Å². The summed E-state index contributed by atoms with van der Waals surface area (Å²) < 4.78 is 5.19. The summed E-state index contributed by atoms with van der Waals surface area (Å²) in [6.45, 7) is 5.85. The number of aldehydes is 1. The number of ether oxygens (including phenoxy) is 1. The highest BCUT2D eigenvalue weighted by Crippen LogP contribution is 2.25. The van der Waals surface area contributed by atoms with E-state index < -0.39 is 23.3 Å². The Labute approximate surface area is 118 Å². The number of carbonyl (C=O) groups is 3. The van der Waals surface area contributed by atoms with Gasteiger partial charge in [-0.05, 0) is 33.6 Å². The van der Waals surface area contributed by atoms with Crippen LogP contribution in [-0.2, 0) is 9.53 Å². The first-order chi connectivity index (χ1) is 9.17. The number of hydrogen-bond acceptors (Lipinski definition) is 4. The topological polar surface area (TPSA) is 95.9 Å². The number of carboxylic acid groups (broad SMARTS) is 1. The van der Waals surface area contributed by atoms with Crippen LogP contribution in [0.25, 0.3) is 0 Å². The average molecular weight is 286 g/mol. The van der Waals surface area contributed by atoms with Crippen LogP contribution in [0, 0.1) is 0 Å². The second-order valence-corrected chi connectivity index (χ2v) is 6.05. The zero-order chi connectivity index (χ0) is 15.4. The number of amides is 2. The van der Waals surface area contributed by atoms with Gasteiger partial charge in [-0.2, -0.15) is 0 Å². The number of carbonyl (C=O) groups excluding carboxylic acids is 2. The number of nitrogens with zero attached hydrogens (tertiary/aromatic N) is 1. The fraction of sp³-hybridized carbons (Fsp3) is 0.769. The van der Waals surface area contributed by atoms with E-state index in [1.807, 2.05) is 0 Å². The zero-order valence-corrected chi connectivity index (χ0v) is 12.1. The molecule has 0 saturated carbocycles. The fourth-order valence-corrected chi connectivity index (χ4v) is 2.19. The zero-order valence-electron chi connectivity index (χ0n) is 12.1. The van der Waals surface area contributed by atoms with Gasteiger partial charge in [-0.25, -0.2) is 9.59 Å². The van der Waals surface area contributed by atoms with Gasteiger partial charge < -0.3 is 24.9 Å². The van der Waals surface area contributed by atoms with Gasteiger partial charge in [0.25, 0.3) is 0 Å². The van der Waals surface area contributed by atoms with E-state index in [9.17, 15) is 14.4 Å². The van der Waals surface area contributed by atoms with Crippen molar-refractivity contribution in [2.45, 2.75) is 51.2 Å². The van der Waals surface area contributed by atoms with Crippen molar-refractivity contribution in [1.29, 1.82) is 0 Å². The van der Waals surface area contributed by atoms with Crippen LogP contribution in [0.1, 0.15) is 40.0 Å². The van der Waals surface area contributed by atoms with Crippen molar-refractivity contribution in [3.8, 4) is 0 Å². The molecule has 1 aliphatic heterocycles. The molecule has 1 rings (SSSR count). The highest BCUT2D eigenvalue weighted by atomic mass is 16.6. The van der Waals surface area contributed by atoms with E-state index in [2.05, 4.69) is 5.32 Å². The van der Waals surface area contributed by atoms with Crippen molar-refractivity contribution in [1.82, 2.24) is 10.2 Å². The molecule has 0 unspecified atom stereocenters. The van der Waals surface area contributed by atoms with Crippen molar-refractivity contribution in [3.63, 3.8) is 0 Å². The van der Waals surface area contributed by atoms with Crippen molar-refractivity contribution in [3.05, 3.63) is 0 Å². The maximum atomic E-state index is 11.8. The predicted octanol–water partition coefficient (Wildman–Crippen LogP) is 1.61. The predicted molar refractivity (Wildman–Crippen MR) is 71.6 cm³/mol. The van der Waals surface area contributed by atoms with Crippen LogP contribution in [0.3, 0.4) is 0 Å². The Kier molecular flexibility index (Phi) is 4.97. The van der Waals surface area contributed by atoms with Crippen molar-refractivity contribution in [2.75, 3.05) is 13.1 Å². The summed E-state index contributed by atoms with van der Waals surface area (Å²) >= 11 is 0. The third-order valence-corrected chi connectivity index (χ3v) is 3.23. The lowest BCUT2D eigenvalue weighted by Gasteiger charge is -2.40. The molecule has 2 amide bonds. The molecular formula is C13H22N2O5. The number of piperidine rings is 1. The van der Waals surface area contributed by atoms with Crippen LogP contribution in [0.5, 0.6) is 0 Å². The van der Waals surface area contributed by atoms with Gasteiger partial charge in [-0.1, -0.05) is 0 Å². The summed E-state index contributed by atoms with van der Waals surface area (Å²) in [5, 5.41) is 11.7. The highest BCUT2D eigenvalue weighted by Gasteiger charge is 2.38. The Morgan fingerprint density at radius 2 is 1.90 bits per heavy atom. The van der Waals surface area contributed by atoms with Gasteiger partial charge in [0.1, 0.15) is 11.9 Å². The first-order valence-corrected chi connectivity index (χ1v) is 6.60. The molecule has 114 valence electrons. The van der Waals surface area contributed by atoms with E-state index >= 15 is 0 Å². The van der Waals surface area contributed by atoms with Gasteiger partial charge in [0, 0.05) is 19.5 Å². The number of hydrogen-bond donors (Lipinski definition) is 2. The number of alkyl carbamates (subject to hydrolysis) is 1. The molecule has 1 heterocycles. The number of nitrogens with one attached hydrogen (secondary N) is 1. The lowest BCUT2D eigenvalue weighted by atomic mass is 9.85. The quantitative estimate of drug-likeness (QED) is 0.768. The van der Waals surface area contributed by atoms with E-state index in [-0.39, 0.29) is 6.42 Å². The third-order valence-electron chi connectivity index (χ3n) is 3.23. The van der Waals surface area contributed by atoms with Crippen LogP contribution in [-0.4, -0.2) is 52.7 Å². The minimum Gasteiger partial charge on any atom is -0.465 e. The van der Waals surface area contributed by atoms with Crippen molar-refractivity contribution >= 4 is 18.5 Å². The van der Waals surface area contributed by atoms with Gasteiger partial charge in [-0.15, -0.1) is 0 Å². The fourth-order valence-electron chi connectivity index (χ4n) is 2.19. The summed E-state index contributed by atoms with van der Waals surface area (Å²) in [7, 11) is 0. The maximum Gasteiger partial charge on any atom is 0.408 e. The van der Waals surface area contributed by atoms with Gasteiger partial charge in [-0.3, -0.25) is 0 Å². The molecule has 2 N–H and O–H groups in total. The second kappa shape index (κ2) is 6.11. The summed E-state index contributed by atoms with van der Waals surface area (Å²) in [6, 6.07) is 0. The average Bonchev–Trinajstić information content (AvgIpc) is 2.26. The van der Waals surface area contributed by atoms with Gasteiger partial charge in [0.05, 0.1) is 5.54 Å². The van der Waals surface area contributed by atoms with E-state index in [0.717, 1.165) is 6.29 Å². The van der Waals surface area contributed by atoms with Crippen LogP contribution in [0.15, 0.2) is 0 Å². The third kappa shape index (κ3) is 4.71. The van der Waals surface area contributed by atoms with E-state index in [4.69, 9.17) is 9.84 Å². The first-order valence-electron chi connectivity index (χ1n) is 6.60. The Hall–Kier alpha value is -1.79. The molecular weight excluding hydrogens is 264 g/mol. The minimum atomic E-state index is -0.984. The molecule has 0 aromatic rings. The van der Waals surface area contributed by atoms with E-state index in [1.165, 1.54) is 4.90 Å². The number of rotatable bonds is 3. The molecule has 1 saturated heterocycles. The van der Waals surface area contributed by atoms with Crippen molar-refractivity contribution in [2.24, 2.45) is 0 Å². The summed E-state index contributed by atoms with van der Waals surface area (Å²) in [5.41, 5.74) is -1.33. The highest BCUT2D eigenvalue weighted by molar-refractivity contribution is 5.70. The SMILES string of the molecule is CC(C)(C)OC(=O)NC1(CC=O)CCN(C(=O)O)CC1. The lowest BCUT2D eigenvalue weighted by Crippen LogP contribution is -2.57. The normalized spacial score (nSPS) is 18.2. The van der Waals surface area contributed by atoms with Gasteiger partial charge in [0.15, 0.2) is 0 Å². The minimum absolute atomic E-state index is 0.152. The smallest absolute Gasteiger partial charge is 0.408 e. The lowest BCUT2D eigenvalue weighted by molar-refractivity contribution is -0.109. The molecule has 0 aromatic carbocycles. The van der Waals surface area contributed by atoms with Gasteiger partial charge >= 0.3 is 12.2 Å². The van der Waals surface area contributed by atoms with Crippen LogP contribution in [0.2, 0.25) is 0 Å². The van der Waals surface area contributed by atoms with Crippen LogP contribution >= 0.6 is 0 Å². The summed E-state index contributed by atoms with van der Waals surface area (Å²) in [4.78, 5) is 34.8. The molecule has 0 aromatic heterocycles. The molecule has 1 aliphatic rings. The maximum absolute atomic E-state index is 11.8. The Bertz CT molecular complexity index is 381. The molecule has 0 bridgehead atoms. The molecule has 7 nitrogen and oxygen atoms in total. The monoisotopic (exact) mass is 286 g/mol. The molecule has 7 heteroatoms. The van der Waals surface area contributed by atoms with Crippen LogP contribution in [0.4, 0.5) is 9.59 Å². The molecule has 0 radical (unpaired) electrons. The summed E-state index contributed by atoms with van der Waals surface area (Å²) in [5.74, 6) is 0. The Morgan fingerprint density at radius 1 is 1.35 bits per heavy atom. The molecule has 0 aliphatic carbocycles. The van der Waals surface area contributed by atoms with Crippen LogP contribution < -0.4 is 5.32 Å².